The van der Waals surface area contributed by atoms with Crippen LogP contribution in [0.15, 0.2) is 42.6 Å². The molecule has 8 heteroatoms. The number of nitrogens with one attached hydrogen (secondary N) is 1. The minimum Gasteiger partial charge on any atom is -0.306 e. The summed E-state index contributed by atoms with van der Waals surface area (Å²) in [7, 11) is 0. The van der Waals surface area contributed by atoms with E-state index >= 15 is 0 Å². The van der Waals surface area contributed by atoms with Crippen LogP contribution in [0.4, 0.5) is 19.0 Å². The number of carbonyl (C=O) groups excluding carboxylic acids is 2. The summed E-state index contributed by atoms with van der Waals surface area (Å²) in [6.07, 6.45) is 1.85. The molecule has 0 bridgehead atoms. The van der Waals surface area contributed by atoms with Crippen molar-refractivity contribution in [3.8, 4) is 0 Å². The lowest BCUT2D eigenvalue weighted by Crippen LogP contribution is -2.09. The van der Waals surface area contributed by atoms with Gasteiger partial charge in [0, 0.05) is 31.3 Å². The molecule has 1 amide bonds. The van der Waals surface area contributed by atoms with Gasteiger partial charge in [0.05, 0.1) is 5.56 Å². The Labute approximate surface area is 154 Å². The number of aromatic nitrogens is 2. The van der Waals surface area contributed by atoms with Gasteiger partial charge in [-0.1, -0.05) is 12.1 Å². The fraction of sp³-hybridized carbons (Fsp3) is 0.316. The number of halogens is 3. The largest absolute Gasteiger partial charge is 0.416 e. The van der Waals surface area contributed by atoms with Crippen LogP contribution in [0.2, 0.25) is 0 Å². The van der Waals surface area contributed by atoms with Gasteiger partial charge in [-0.05, 0) is 43.5 Å². The molecule has 2 rings (SSSR count). The highest BCUT2D eigenvalue weighted by molar-refractivity contribution is 6.01. The fourth-order valence-corrected chi connectivity index (χ4v) is 2.36. The van der Waals surface area contributed by atoms with Gasteiger partial charge in [0.25, 0.3) is 0 Å². The highest BCUT2D eigenvalue weighted by atomic mass is 19.4. The quantitative estimate of drug-likeness (QED) is 0.549. The maximum atomic E-state index is 12.7. The van der Waals surface area contributed by atoms with E-state index in [4.69, 9.17) is 0 Å². The van der Waals surface area contributed by atoms with E-state index < -0.39 is 17.6 Å². The van der Waals surface area contributed by atoms with Crippen molar-refractivity contribution in [1.82, 2.24) is 9.78 Å². The van der Waals surface area contributed by atoms with Crippen LogP contribution in [0.3, 0.4) is 0 Å². The lowest BCUT2D eigenvalue weighted by molar-refractivity contribution is -0.137. The van der Waals surface area contributed by atoms with E-state index in [0.29, 0.717) is 18.8 Å². The van der Waals surface area contributed by atoms with Gasteiger partial charge in [-0.15, -0.1) is 0 Å². The number of alkyl halides is 3. The zero-order valence-electron chi connectivity index (χ0n) is 14.8. The van der Waals surface area contributed by atoms with Crippen LogP contribution in [0.1, 0.15) is 37.3 Å². The Morgan fingerprint density at radius 2 is 2.00 bits per heavy atom. The van der Waals surface area contributed by atoms with E-state index in [1.54, 1.807) is 23.9 Å². The number of amides is 1. The summed E-state index contributed by atoms with van der Waals surface area (Å²) in [5.41, 5.74) is -0.496. The highest BCUT2D eigenvalue weighted by Gasteiger charge is 2.30. The molecule has 1 aromatic heterocycles. The Morgan fingerprint density at radius 1 is 1.22 bits per heavy atom. The molecule has 0 aliphatic rings. The normalized spacial score (nSPS) is 11.7. The van der Waals surface area contributed by atoms with Crippen LogP contribution >= 0.6 is 0 Å². The number of anilines is 1. The predicted octanol–water partition coefficient (Wildman–Crippen LogP) is 4.31. The van der Waals surface area contributed by atoms with Gasteiger partial charge in [0.2, 0.25) is 5.91 Å². The molecule has 0 unspecified atom stereocenters. The van der Waals surface area contributed by atoms with E-state index in [0.717, 1.165) is 31.1 Å². The molecular formula is C19H20F3N3O2. The maximum absolute atomic E-state index is 12.7. The van der Waals surface area contributed by atoms with E-state index in [1.165, 1.54) is 18.2 Å². The third-order valence-corrected chi connectivity index (χ3v) is 3.70. The number of carbonyl (C=O) groups is 2. The third kappa shape index (κ3) is 7.08. The molecule has 1 N–H and O–H groups in total. The van der Waals surface area contributed by atoms with Crippen molar-refractivity contribution >= 4 is 23.6 Å². The van der Waals surface area contributed by atoms with Crippen molar-refractivity contribution in [3.63, 3.8) is 0 Å². The van der Waals surface area contributed by atoms with Crippen LogP contribution in [-0.2, 0) is 22.3 Å². The minimum atomic E-state index is -4.43. The molecule has 0 saturated carbocycles. The third-order valence-electron chi connectivity index (χ3n) is 3.70. The summed E-state index contributed by atoms with van der Waals surface area (Å²) >= 11 is 0. The molecule has 0 spiro atoms. The van der Waals surface area contributed by atoms with E-state index in [1.807, 2.05) is 0 Å². The van der Waals surface area contributed by atoms with Crippen molar-refractivity contribution in [3.05, 3.63) is 53.7 Å². The smallest absolute Gasteiger partial charge is 0.306 e. The molecule has 0 atom stereocenters. The van der Waals surface area contributed by atoms with Gasteiger partial charge in [-0.25, -0.2) is 0 Å². The van der Waals surface area contributed by atoms with E-state index in [2.05, 4.69) is 10.4 Å². The monoisotopic (exact) mass is 379 g/mol. The summed E-state index contributed by atoms with van der Waals surface area (Å²) in [6.45, 7) is 2.18. The first-order valence-electron chi connectivity index (χ1n) is 8.43. The molecule has 2 aromatic rings. The number of Topliss-reactive ketones (excluding diaryl/α,β-unsaturated/α-hetero) is 1. The van der Waals surface area contributed by atoms with Gasteiger partial charge in [0.15, 0.2) is 5.82 Å². The average molecular weight is 379 g/mol. The fourth-order valence-electron chi connectivity index (χ4n) is 2.36. The Bertz CT molecular complexity index is 826. The van der Waals surface area contributed by atoms with Crippen LogP contribution in [0, 0.1) is 0 Å². The molecule has 0 aliphatic heterocycles. The molecule has 0 aliphatic carbocycles. The first-order valence-corrected chi connectivity index (χ1v) is 8.43. The predicted molar refractivity (Wildman–Crippen MR) is 95.9 cm³/mol. The number of aryl methyl sites for hydroxylation is 1. The van der Waals surface area contributed by atoms with Crippen molar-refractivity contribution in [2.45, 2.75) is 38.9 Å². The van der Waals surface area contributed by atoms with Gasteiger partial charge >= 0.3 is 6.18 Å². The van der Waals surface area contributed by atoms with Crippen molar-refractivity contribution in [2.24, 2.45) is 0 Å². The molecule has 5 nitrogen and oxygen atoms in total. The Kier molecular flexibility index (Phi) is 6.92. The summed E-state index contributed by atoms with van der Waals surface area (Å²) in [4.78, 5) is 22.8. The van der Waals surface area contributed by atoms with E-state index in [9.17, 15) is 22.8 Å². The number of unbranched alkanes of at least 4 members (excludes halogenated alkanes) is 1. The first-order chi connectivity index (χ1) is 12.7. The van der Waals surface area contributed by atoms with Crippen molar-refractivity contribution in [1.29, 1.82) is 0 Å². The van der Waals surface area contributed by atoms with Crippen LogP contribution in [-0.4, -0.2) is 21.5 Å². The average Bonchev–Trinajstić information content (AvgIpc) is 3.03. The summed E-state index contributed by atoms with van der Waals surface area (Å²) in [5, 5.41) is 6.74. The number of ketones is 1. The summed E-state index contributed by atoms with van der Waals surface area (Å²) in [5.74, 6) is 0.00507. The van der Waals surface area contributed by atoms with Gasteiger partial charge in [0.1, 0.15) is 5.78 Å². The van der Waals surface area contributed by atoms with Crippen LogP contribution in [0.5, 0.6) is 0 Å². The minimum absolute atomic E-state index is 0.149. The second kappa shape index (κ2) is 9.16. The maximum Gasteiger partial charge on any atom is 0.416 e. The van der Waals surface area contributed by atoms with Crippen LogP contribution < -0.4 is 5.32 Å². The molecule has 0 radical (unpaired) electrons. The first kappa shape index (κ1) is 20.4. The number of hydrogen-bond acceptors (Lipinski definition) is 3. The number of nitrogens with zero attached hydrogens (tertiary/aromatic N) is 2. The lowest BCUT2D eigenvalue weighted by atomic mass is 10.1. The van der Waals surface area contributed by atoms with Gasteiger partial charge in [-0.3, -0.25) is 9.48 Å². The highest BCUT2D eigenvalue weighted by Crippen LogP contribution is 2.29. The zero-order valence-corrected chi connectivity index (χ0v) is 14.8. The van der Waals surface area contributed by atoms with Crippen molar-refractivity contribution < 1.29 is 22.8 Å². The molecule has 27 heavy (non-hydrogen) atoms. The lowest BCUT2D eigenvalue weighted by Gasteiger charge is -2.06. The molecule has 144 valence electrons. The number of rotatable bonds is 8. The summed E-state index contributed by atoms with van der Waals surface area (Å²) in [6, 6.07) is 6.34. The zero-order chi connectivity index (χ0) is 19.9. The second-order valence-electron chi connectivity index (χ2n) is 6.07. The van der Waals surface area contributed by atoms with Crippen molar-refractivity contribution in [2.75, 3.05) is 5.32 Å². The Morgan fingerprint density at radius 3 is 2.70 bits per heavy atom. The summed E-state index contributed by atoms with van der Waals surface area (Å²) < 4.78 is 39.7. The number of hydrogen-bond donors (Lipinski definition) is 1. The van der Waals surface area contributed by atoms with E-state index in [-0.39, 0.29) is 11.3 Å². The molecule has 1 heterocycles. The molecule has 0 fully saturated rings. The molecular weight excluding hydrogens is 359 g/mol. The SMILES string of the molecule is CC(=O)CCCCn1ccc(NC(=O)/C=C/c2cccc(C(F)(F)F)c2)n1. The number of benzene rings is 1. The van der Waals surface area contributed by atoms with Crippen LogP contribution in [0.25, 0.3) is 6.08 Å². The molecule has 1 aromatic carbocycles. The Hall–Kier alpha value is -2.90. The topological polar surface area (TPSA) is 64.0 Å². The Balaban J connectivity index is 1.87. The molecule has 0 saturated heterocycles. The second-order valence-corrected chi connectivity index (χ2v) is 6.07. The van der Waals surface area contributed by atoms with Gasteiger partial charge < -0.3 is 10.1 Å². The van der Waals surface area contributed by atoms with Gasteiger partial charge in [-0.2, -0.15) is 18.3 Å². The standard InChI is InChI=1S/C19H20F3N3O2/c1-14(26)5-2-3-11-25-12-10-17(24-25)23-18(27)9-8-15-6-4-7-16(13-15)19(20,21)22/h4,6-10,12-13H,2-3,5,11H2,1H3,(H,23,24,27)/b9-8+.